The third kappa shape index (κ3) is 4.15. The molecule has 0 saturated heterocycles. The van der Waals surface area contributed by atoms with Crippen LogP contribution in [0.4, 0.5) is 13.2 Å². The SMILES string of the molecule is O=C(C(O)c1ccccc1F)N1Cc2cn(Sc3cnn(CC(F)F)c3)nc2C1. The van der Waals surface area contributed by atoms with E-state index in [4.69, 9.17) is 0 Å². The summed E-state index contributed by atoms with van der Waals surface area (Å²) in [5.74, 6) is -1.24. The van der Waals surface area contributed by atoms with E-state index in [0.717, 1.165) is 10.2 Å². The number of nitrogens with zero attached hydrogens (tertiary/aromatic N) is 5. The van der Waals surface area contributed by atoms with Gasteiger partial charge in [-0.2, -0.15) is 10.2 Å². The minimum absolute atomic E-state index is 0.0662. The minimum Gasteiger partial charge on any atom is -0.378 e. The first-order valence-corrected chi connectivity index (χ1v) is 9.45. The van der Waals surface area contributed by atoms with Gasteiger partial charge in [0, 0.05) is 42.0 Å². The number of aliphatic hydroxyl groups excluding tert-OH is 1. The highest BCUT2D eigenvalue weighted by molar-refractivity contribution is 7.97. The molecule has 0 fully saturated rings. The number of carbonyl (C=O) groups excluding carboxylic acids is 1. The molecule has 29 heavy (non-hydrogen) atoms. The Labute approximate surface area is 167 Å². The summed E-state index contributed by atoms with van der Waals surface area (Å²) in [7, 11) is 0. The number of aromatic nitrogens is 4. The number of hydrogen-bond donors (Lipinski definition) is 1. The van der Waals surface area contributed by atoms with E-state index >= 15 is 0 Å². The van der Waals surface area contributed by atoms with E-state index in [-0.39, 0.29) is 18.7 Å². The Kier molecular flexibility index (Phi) is 5.33. The van der Waals surface area contributed by atoms with Crippen LogP contribution in [0.3, 0.4) is 0 Å². The number of alkyl halides is 2. The predicted octanol–water partition coefficient (Wildman–Crippen LogP) is 2.62. The fourth-order valence-corrected chi connectivity index (χ4v) is 3.87. The Balaban J connectivity index is 1.40. The lowest BCUT2D eigenvalue weighted by Crippen LogP contribution is -2.31. The van der Waals surface area contributed by atoms with Crippen LogP contribution in [0.2, 0.25) is 0 Å². The molecule has 3 heterocycles. The lowest BCUT2D eigenvalue weighted by Gasteiger charge is -2.20. The molecule has 0 spiro atoms. The van der Waals surface area contributed by atoms with Gasteiger partial charge in [-0.15, -0.1) is 0 Å². The number of fused-ring (bicyclic) bond motifs is 1. The highest BCUT2D eigenvalue weighted by atomic mass is 32.2. The maximum Gasteiger partial charge on any atom is 0.257 e. The summed E-state index contributed by atoms with van der Waals surface area (Å²) in [5.41, 5.74) is 1.39. The van der Waals surface area contributed by atoms with E-state index in [1.807, 2.05) is 0 Å². The van der Waals surface area contributed by atoms with E-state index in [0.29, 0.717) is 10.6 Å². The predicted molar refractivity (Wildman–Crippen MR) is 97.3 cm³/mol. The second-order valence-electron chi connectivity index (χ2n) is 6.50. The summed E-state index contributed by atoms with van der Waals surface area (Å²) < 4.78 is 41.4. The highest BCUT2D eigenvalue weighted by Gasteiger charge is 2.32. The van der Waals surface area contributed by atoms with E-state index in [9.17, 15) is 23.1 Å². The number of aliphatic hydroxyl groups is 1. The van der Waals surface area contributed by atoms with Crippen molar-refractivity contribution < 1.29 is 23.1 Å². The van der Waals surface area contributed by atoms with Crippen molar-refractivity contribution in [1.82, 2.24) is 23.9 Å². The van der Waals surface area contributed by atoms with Crippen molar-refractivity contribution in [3.63, 3.8) is 0 Å². The summed E-state index contributed by atoms with van der Waals surface area (Å²) in [5, 5.41) is 18.5. The Morgan fingerprint density at radius 2 is 2.03 bits per heavy atom. The van der Waals surface area contributed by atoms with E-state index < -0.39 is 30.8 Å². The Hall–Kier alpha value is -2.79. The van der Waals surface area contributed by atoms with E-state index in [2.05, 4.69) is 10.2 Å². The smallest absolute Gasteiger partial charge is 0.257 e. The van der Waals surface area contributed by atoms with Gasteiger partial charge in [0.25, 0.3) is 12.3 Å². The fraction of sp³-hybridized carbons (Fsp3) is 0.278. The number of rotatable bonds is 6. The van der Waals surface area contributed by atoms with Gasteiger partial charge in [0.15, 0.2) is 6.10 Å². The largest absolute Gasteiger partial charge is 0.378 e. The molecule has 3 aromatic rings. The topological polar surface area (TPSA) is 76.2 Å². The second-order valence-corrected chi connectivity index (χ2v) is 7.53. The number of amides is 1. The molecule has 1 unspecified atom stereocenters. The van der Waals surface area contributed by atoms with Crippen LogP contribution in [0.1, 0.15) is 22.9 Å². The van der Waals surface area contributed by atoms with Crippen molar-refractivity contribution in [1.29, 1.82) is 0 Å². The van der Waals surface area contributed by atoms with Crippen LogP contribution >= 0.6 is 11.9 Å². The molecule has 1 atom stereocenters. The van der Waals surface area contributed by atoms with Crippen LogP contribution < -0.4 is 0 Å². The molecule has 0 aliphatic carbocycles. The summed E-state index contributed by atoms with van der Waals surface area (Å²) in [6, 6.07) is 5.60. The Morgan fingerprint density at radius 1 is 1.24 bits per heavy atom. The van der Waals surface area contributed by atoms with Gasteiger partial charge in [0.05, 0.1) is 23.3 Å². The number of hydrogen-bond acceptors (Lipinski definition) is 5. The number of halogens is 3. The van der Waals surface area contributed by atoms with Crippen molar-refractivity contribution in [3.05, 3.63) is 65.5 Å². The molecule has 152 valence electrons. The van der Waals surface area contributed by atoms with Crippen molar-refractivity contribution in [2.24, 2.45) is 0 Å². The first-order chi connectivity index (χ1) is 13.9. The average molecular weight is 423 g/mol. The van der Waals surface area contributed by atoms with Crippen LogP contribution in [0, 0.1) is 5.82 Å². The zero-order valence-electron chi connectivity index (χ0n) is 15.0. The summed E-state index contributed by atoms with van der Waals surface area (Å²) in [6.07, 6.45) is 0.643. The first kappa shape index (κ1) is 19.5. The normalized spacial score (nSPS) is 14.4. The number of carbonyl (C=O) groups is 1. The monoisotopic (exact) mass is 423 g/mol. The van der Waals surface area contributed by atoms with Gasteiger partial charge in [-0.3, -0.25) is 9.48 Å². The first-order valence-electron chi connectivity index (χ1n) is 8.68. The van der Waals surface area contributed by atoms with Crippen LogP contribution in [0.15, 0.2) is 47.8 Å². The molecule has 2 aromatic heterocycles. The average Bonchev–Trinajstić information content (AvgIpc) is 3.36. The molecule has 4 rings (SSSR count). The summed E-state index contributed by atoms with van der Waals surface area (Å²) >= 11 is 1.21. The zero-order chi connectivity index (χ0) is 20.5. The molecular formula is C18H16F3N5O2S. The third-order valence-electron chi connectivity index (χ3n) is 4.44. The lowest BCUT2D eigenvalue weighted by molar-refractivity contribution is -0.141. The molecule has 1 aliphatic heterocycles. The summed E-state index contributed by atoms with van der Waals surface area (Å²) in [4.78, 5) is 14.6. The van der Waals surface area contributed by atoms with Crippen molar-refractivity contribution >= 4 is 17.9 Å². The maximum absolute atomic E-state index is 13.8. The molecule has 0 saturated carbocycles. The Morgan fingerprint density at radius 3 is 2.76 bits per heavy atom. The van der Waals surface area contributed by atoms with Crippen LogP contribution in [0.25, 0.3) is 0 Å². The van der Waals surface area contributed by atoms with Gasteiger partial charge in [-0.25, -0.2) is 17.3 Å². The fourth-order valence-electron chi connectivity index (χ4n) is 3.07. The lowest BCUT2D eigenvalue weighted by atomic mass is 10.1. The molecule has 1 aromatic carbocycles. The van der Waals surface area contributed by atoms with E-state index in [1.165, 1.54) is 47.4 Å². The van der Waals surface area contributed by atoms with Gasteiger partial charge in [0.2, 0.25) is 0 Å². The van der Waals surface area contributed by atoms with Gasteiger partial charge in [0.1, 0.15) is 12.4 Å². The highest BCUT2D eigenvalue weighted by Crippen LogP contribution is 2.29. The quantitative estimate of drug-likeness (QED) is 0.660. The van der Waals surface area contributed by atoms with Crippen LogP contribution in [-0.2, 0) is 24.4 Å². The molecular weight excluding hydrogens is 407 g/mol. The van der Waals surface area contributed by atoms with Gasteiger partial charge in [-0.05, 0) is 6.07 Å². The second kappa shape index (κ2) is 7.91. The molecule has 11 heteroatoms. The number of benzene rings is 1. The van der Waals surface area contributed by atoms with Crippen LogP contribution in [-0.4, -0.2) is 41.3 Å². The Bertz CT molecular complexity index is 1010. The van der Waals surface area contributed by atoms with Crippen LogP contribution in [0.5, 0.6) is 0 Å². The molecule has 1 amide bonds. The van der Waals surface area contributed by atoms with Gasteiger partial charge >= 0.3 is 0 Å². The summed E-state index contributed by atoms with van der Waals surface area (Å²) in [6.45, 7) is -0.0413. The zero-order valence-corrected chi connectivity index (χ0v) is 15.8. The minimum atomic E-state index is -2.48. The van der Waals surface area contributed by atoms with Crippen molar-refractivity contribution in [2.75, 3.05) is 0 Å². The van der Waals surface area contributed by atoms with Crippen molar-refractivity contribution in [3.8, 4) is 0 Å². The standard InChI is InChI=1S/C18H16F3N5O2S/c19-14-4-2-1-3-13(14)17(27)18(28)24-6-11-7-26(23-15(11)9-24)29-12-5-22-25(8-12)10-16(20)21/h1-5,7-8,16-17,27H,6,9-10H2. The van der Waals surface area contributed by atoms with E-state index in [1.54, 1.807) is 16.4 Å². The third-order valence-corrected chi connectivity index (χ3v) is 5.23. The van der Waals surface area contributed by atoms with Gasteiger partial charge < -0.3 is 10.0 Å². The molecule has 1 aliphatic rings. The van der Waals surface area contributed by atoms with Gasteiger partial charge in [-0.1, -0.05) is 18.2 Å². The van der Waals surface area contributed by atoms with Crippen molar-refractivity contribution in [2.45, 2.75) is 37.1 Å². The molecule has 0 radical (unpaired) electrons. The molecule has 7 nitrogen and oxygen atoms in total. The maximum atomic E-state index is 13.8. The molecule has 1 N–H and O–H groups in total. The molecule has 0 bridgehead atoms.